The first-order valence-electron chi connectivity index (χ1n) is 9.54. The molecule has 3 aromatic heterocycles. The molecule has 0 radical (unpaired) electrons. The van der Waals surface area contributed by atoms with E-state index in [-0.39, 0.29) is 0 Å². The number of aryl methyl sites for hydroxylation is 2. The smallest absolute Gasteiger partial charge is 0.229 e. The normalized spacial score (nSPS) is 14.8. The van der Waals surface area contributed by atoms with Crippen LogP contribution in [0.1, 0.15) is 17.7 Å². The zero-order valence-electron chi connectivity index (χ0n) is 16.8. The van der Waals surface area contributed by atoms with Gasteiger partial charge in [0.25, 0.3) is 0 Å². The summed E-state index contributed by atoms with van der Waals surface area (Å²) in [5.41, 5.74) is 1.96. The summed E-state index contributed by atoms with van der Waals surface area (Å²) in [4.78, 5) is 15.0. The molecule has 0 spiro atoms. The van der Waals surface area contributed by atoms with E-state index in [1.54, 1.807) is 29.2 Å². The molecule has 1 aliphatic rings. The molecule has 0 atom stereocenters. The summed E-state index contributed by atoms with van der Waals surface area (Å²) >= 11 is 0. The molecule has 0 unspecified atom stereocenters. The molecular weight excluding hydrogens is 385 g/mol. The average molecular weight is 407 g/mol. The number of halogens is 1. The van der Waals surface area contributed by atoms with Crippen molar-refractivity contribution in [2.75, 3.05) is 23.3 Å². The molecule has 154 valence electrons. The van der Waals surface area contributed by atoms with Crippen LogP contribution in [-0.4, -0.2) is 43.4 Å². The van der Waals surface area contributed by atoms with Crippen LogP contribution in [0.2, 0.25) is 0 Å². The molecule has 10 heteroatoms. The predicted octanol–water partition coefficient (Wildman–Crippen LogP) is 2.06. The van der Waals surface area contributed by atoms with Gasteiger partial charge in [-0.2, -0.15) is 19.7 Å². The Morgan fingerprint density at radius 1 is 1.27 bits per heavy atom. The number of nitrogens with one attached hydrogen (secondary N) is 2. The molecule has 1 saturated heterocycles. The third kappa shape index (κ3) is 4.21. The molecule has 0 bridgehead atoms. The van der Waals surface area contributed by atoms with Gasteiger partial charge >= 0.3 is 0 Å². The van der Waals surface area contributed by atoms with E-state index < -0.39 is 11.5 Å². The monoisotopic (exact) mass is 407 g/mol. The summed E-state index contributed by atoms with van der Waals surface area (Å²) in [6.07, 6.45) is 5.66. The largest absolute Gasteiger partial charge is 0.352 e. The molecule has 0 amide bonds. The minimum Gasteiger partial charge on any atom is -0.352 e. The topological polar surface area (TPSA) is 108 Å². The summed E-state index contributed by atoms with van der Waals surface area (Å²) < 4.78 is 15.0. The van der Waals surface area contributed by atoms with Gasteiger partial charge < -0.3 is 15.5 Å². The fourth-order valence-electron chi connectivity index (χ4n) is 3.53. The van der Waals surface area contributed by atoms with Crippen molar-refractivity contribution in [2.45, 2.75) is 25.4 Å². The van der Waals surface area contributed by atoms with E-state index in [0.717, 1.165) is 17.1 Å². The van der Waals surface area contributed by atoms with Gasteiger partial charge in [0, 0.05) is 44.6 Å². The number of aromatic nitrogens is 5. The zero-order valence-corrected chi connectivity index (χ0v) is 16.8. The van der Waals surface area contributed by atoms with Crippen LogP contribution < -0.4 is 15.5 Å². The van der Waals surface area contributed by atoms with Crippen LogP contribution in [0.25, 0.3) is 0 Å². The molecule has 30 heavy (non-hydrogen) atoms. The lowest BCUT2D eigenvalue weighted by Gasteiger charge is -2.50. The molecule has 0 aliphatic carbocycles. The molecule has 4 rings (SSSR count). The lowest BCUT2D eigenvalue weighted by molar-refractivity contribution is 0.254. The van der Waals surface area contributed by atoms with Crippen molar-refractivity contribution in [1.29, 1.82) is 5.26 Å². The quantitative estimate of drug-likeness (QED) is 0.573. The van der Waals surface area contributed by atoms with Gasteiger partial charge in [-0.1, -0.05) is 6.07 Å². The molecule has 0 saturated carbocycles. The molecule has 3 aromatic rings. The second-order valence-electron chi connectivity index (χ2n) is 7.50. The van der Waals surface area contributed by atoms with E-state index in [0.29, 0.717) is 37.7 Å². The van der Waals surface area contributed by atoms with Crippen LogP contribution >= 0.6 is 0 Å². The lowest BCUT2D eigenvalue weighted by atomic mass is 9.86. The van der Waals surface area contributed by atoms with Crippen LogP contribution in [0.3, 0.4) is 0 Å². The predicted molar refractivity (Wildman–Crippen MR) is 109 cm³/mol. The first-order chi connectivity index (χ1) is 14.5. The second kappa shape index (κ2) is 8.04. The number of hydrogen-bond donors (Lipinski definition) is 2. The van der Waals surface area contributed by atoms with Crippen molar-refractivity contribution in [3.05, 3.63) is 54.0 Å². The van der Waals surface area contributed by atoms with Crippen LogP contribution in [0.15, 0.2) is 36.8 Å². The average Bonchev–Trinajstić information content (AvgIpc) is 3.10. The van der Waals surface area contributed by atoms with Gasteiger partial charge in [0.1, 0.15) is 5.82 Å². The van der Waals surface area contributed by atoms with Crippen molar-refractivity contribution in [2.24, 2.45) is 7.05 Å². The highest BCUT2D eigenvalue weighted by Gasteiger charge is 2.43. The maximum atomic E-state index is 13.3. The third-order valence-corrected chi connectivity index (χ3v) is 5.03. The minimum atomic E-state index is -0.510. The zero-order chi connectivity index (χ0) is 21.1. The summed E-state index contributed by atoms with van der Waals surface area (Å²) in [5.74, 6) is 0.790. The number of nitrogens with zero attached hydrogens (tertiary/aromatic N) is 7. The van der Waals surface area contributed by atoms with E-state index in [1.807, 2.05) is 20.2 Å². The summed E-state index contributed by atoms with van der Waals surface area (Å²) in [6.45, 7) is 3.57. The van der Waals surface area contributed by atoms with Gasteiger partial charge in [0.2, 0.25) is 11.9 Å². The fraction of sp³-hybridized carbons (Fsp3) is 0.350. The number of nitriles is 1. The van der Waals surface area contributed by atoms with Crippen molar-refractivity contribution in [1.82, 2.24) is 30.0 Å². The maximum absolute atomic E-state index is 13.3. The summed E-state index contributed by atoms with van der Waals surface area (Å²) in [7, 11) is 1.84. The standard InChI is InChI=1S/C20H22FN9/c1-14-8-23-19(27-16-10-25-29(2)11-16)28-18(14)30-12-20(13-30,6-7-22)24-9-15-4-3-5-17(21)26-15/h3-5,8,10-11,24H,6,9,12-13H2,1-2H3,(H,23,27,28). The van der Waals surface area contributed by atoms with Gasteiger partial charge in [-0.05, 0) is 19.1 Å². The summed E-state index contributed by atoms with van der Waals surface area (Å²) in [5, 5.41) is 20.0. The first-order valence-corrected chi connectivity index (χ1v) is 9.54. The Balaban J connectivity index is 1.45. The Kier molecular flexibility index (Phi) is 5.29. The Morgan fingerprint density at radius 3 is 2.80 bits per heavy atom. The first kappa shape index (κ1) is 19.7. The number of rotatable bonds is 7. The van der Waals surface area contributed by atoms with E-state index in [4.69, 9.17) is 0 Å². The Labute approximate surface area is 173 Å². The second-order valence-corrected chi connectivity index (χ2v) is 7.50. The third-order valence-electron chi connectivity index (χ3n) is 5.03. The van der Waals surface area contributed by atoms with Crippen LogP contribution in [0.4, 0.5) is 21.8 Å². The Morgan fingerprint density at radius 2 is 2.10 bits per heavy atom. The molecule has 2 N–H and O–H groups in total. The van der Waals surface area contributed by atoms with Gasteiger partial charge in [-0.3, -0.25) is 4.68 Å². The van der Waals surface area contributed by atoms with Crippen LogP contribution in [0, 0.1) is 24.2 Å². The van der Waals surface area contributed by atoms with E-state index >= 15 is 0 Å². The maximum Gasteiger partial charge on any atom is 0.229 e. The Bertz CT molecular complexity index is 1080. The highest BCUT2D eigenvalue weighted by Crippen LogP contribution is 2.31. The summed E-state index contributed by atoms with van der Waals surface area (Å²) in [6, 6.07) is 6.96. The number of pyridine rings is 1. The molecule has 1 aliphatic heterocycles. The highest BCUT2D eigenvalue weighted by atomic mass is 19.1. The molecule has 0 aromatic carbocycles. The fourth-order valence-corrected chi connectivity index (χ4v) is 3.53. The number of anilines is 3. The van der Waals surface area contributed by atoms with Crippen molar-refractivity contribution >= 4 is 17.5 Å². The lowest BCUT2D eigenvalue weighted by Crippen LogP contribution is -2.69. The molecule has 9 nitrogen and oxygen atoms in total. The van der Waals surface area contributed by atoms with Crippen molar-refractivity contribution in [3.8, 4) is 6.07 Å². The number of hydrogen-bond acceptors (Lipinski definition) is 8. The van der Waals surface area contributed by atoms with E-state index in [9.17, 15) is 9.65 Å². The highest BCUT2D eigenvalue weighted by molar-refractivity contribution is 5.57. The van der Waals surface area contributed by atoms with Crippen LogP contribution in [-0.2, 0) is 13.6 Å². The Hall–Kier alpha value is -3.58. The molecule has 1 fully saturated rings. The van der Waals surface area contributed by atoms with Crippen molar-refractivity contribution < 1.29 is 4.39 Å². The van der Waals surface area contributed by atoms with Gasteiger partial charge in [-0.25, -0.2) is 9.97 Å². The van der Waals surface area contributed by atoms with Gasteiger partial charge in [-0.15, -0.1) is 0 Å². The van der Waals surface area contributed by atoms with E-state index in [1.165, 1.54) is 6.07 Å². The molecule has 4 heterocycles. The van der Waals surface area contributed by atoms with Crippen molar-refractivity contribution in [3.63, 3.8) is 0 Å². The minimum absolute atomic E-state index is 0.337. The van der Waals surface area contributed by atoms with E-state index in [2.05, 4.69) is 41.7 Å². The van der Waals surface area contributed by atoms with Gasteiger partial charge in [0.15, 0.2) is 0 Å². The van der Waals surface area contributed by atoms with Gasteiger partial charge in [0.05, 0.1) is 35.6 Å². The molecular formula is C20H22FN9. The van der Waals surface area contributed by atoms with Crippen LogP contribution in [0.5, 0.6) is 0 Å². The SMILES string of the molecule is Cc1cnc(Nc2cnn(C)c2)nc1N1CC(CC#N)(NCc2cccc(F)n2)C1.